The Bertz CT molecular complexity index is 2290. The molecule has 6 amide bonds. The lowest BCUT2D eigenvalue weighted by Gasteiger charge is -2.40. The van der Waals surface area contributed by atoms with E-state index in [4.69, 9.17) is 10.5 Å². The lowest BCUT2D eigenvalue weighted by Crippen LogP contribution is -2.60. The molecule has 0 spiro atoms. The number of piperazine rings is 1. The van der Waals surface area contributed by atoms with E-state index in [-0.39, 0.29) is 74.7 Å². The summed E-state index contributed by atoms with van der Waals surface area (Å²) in [7, 11) is 0. The van der Waals surface area contributed by atoms with E-state index in [0.29, 0.717) is 54.2 Å². The monoisotopic (exact) mass is 876 g/mol. The van der Waals surface area contributed by atoms with Gasteiger partial charge in [0.05, 0.1) is 11.2 Å². The van der Waals surface area contributed by atoms with Crippen LogP contribution in [0.4, 0.5) is 25.4 Å². The minimum absolute atomic E-state index is 0.0268. The van der Waals surface area contributed by atoms with Gasteiger partial charge in [-0.05, 0) is 74.8 Å². The van der Waals surface area contributed by atoms with Crippen LogP contribution >= 0.6 is 11.8 Å². The Morgan fingerprint density at radius 3 is 2.32 bits per heavy atom. The van der Waals surface area contributed by atoms with Crippen molar-refractivity contribution in [2.75, 3.05) is 42.9 Å². The fraction of sp³-hybridized carbons (Fsp3) is 0.465. The molecule has 1 aliphatic carbocycles. The maximum atomic E-state index is 15.3. The summed E-state index contributed by atoms with van der Waals surface area (Å²) in [5.74, 6) is -3.34. The molecular weight excluding hydrogens is 824 g/mol. The number of nitrogens with zero attached hydrogens (tertiary/aromatic N) is 3. The van der Waals surface area contributed by atoms with E-state index in [1.165, 1.54) is 17.2 Å². The van der Waals surface area contributed by atoms with Crippen LogP contribution < -0.4 is 37.3 Å². The van der Waals surface area contributed by atoms with Gasteiger partial charge in [0.15, 0.2) is 0 Å². The molecule has 0 bridgehead atoms. The number of rotatable bonds is 16. The molecule has 1 aromatic heterocycles. The van der Waals surface area contributed by atoms with E-state index in [1.807, 2.05) is 12.3 Å². The lowest BCUT2D eigenvalue weighted by molar-refractivity contribution is -0.151. The summed E-state index contributed by atoms with van der Waals surface area (Å²) >= 11 is 1.69. The maximum Gasteiger partial charge on any atom is 0.410 e. The Kier molecular flexibility index (Phi) is 14.5. The van der Waals surface area contributed by atoms with Crippen LogP contribution in [0.1, 0.15) is 68.8 Å². The number of aromatic nitrogens is 1. The number of thioether (sulfide) groups is 1. The normalized spacial score (nSPS) is 18.9. The number of urea groups is 1. The van der Waals surface area contributed by atoms with E-state index in [9.17, 15) is 38.7 Å². The van der Waals surface area contributed by atoms with Gasteiger partial charge in [-0.3, -0.25) is 19.2 Å². The van der Waals surface area contributed by atoms with Crippen LogP contribution in [0, 0.1) is 17.2 Å². The summed E-state index contributed by atoms with van der Waals surface area (Å²) in [4.78, 5) is 92.9. The first-order chi connectivity index (χ1) is 29.6. The number of fused-ring (bicyclic) bond motifs is 1. The summed E-state index contributed by atoms with van der Waals surface area (Å²) in [6.07, 6.45) is 4.64. The molecule has 1 saturated heterocycles. The maximum absolute atomic E-state index is 15.3. The molecule has 1 saturated carbocycles. The quantitative estimate of drug-likeness (QED) is 0.0885. The van der Waals surface area contributed by atoms with Crippen LogP contribution in [0.3, 0.4) is 0 Å². The third-order valence-corrected chi connectivity index (χ3v) is 13.0. The molecular formula is C43H53FN8O9S. The molecule has 3 aliphatic rings. The predicted molar refractivity (Wildman–Crippen MR) is 232 cm³/mol. The number of hydrogen-bond acceptors (Lipinski definition) is 10. The van der Waals surface area contributed by atoms with Gasteiger partial charge in [-0.15, -0.1) is 11.8 Å². The van der Waals surface area contributed by atoms with Crippen LogP contribution in [0.15, 0.2) is 58.9 Å². The summed E-state index contributed by atoms with van der Waals surface area (Å²) in [5, 5.41) is 22.9. The highest BCUT2D eigenvalue weighted by molar-refractivity contribution is 8.03. The molecule has 17 nitrogen and oxygen atoms in total. The van der Waals surface area contributed by atoms with Crippen molar-refractivity contribution >= 4 is 69.9 Å². The smallest absolute Gasteiger partial charge is 0.410 e. The van der Waals surface area contributed by atoms with Gasteiger partial charge in [-0.1, -0.05) is 31.6 Å². The minimum atomic E-state index is -1.39. The largest absolute Gasteiger partial charge is 0.477 e. The number of ether oxygens (including phenoxy) is 1. The van der Waals surface area contributed by atoms with Crippen molar-refractivity contribution in [1.82, 2.24) is 25.4 Å². The molecule has 3 aromatic rings. The Hall–Kier alpha value is -6.11. The predicted octanol–water partition coefficient (Wildman–Crippen LogP) is 4.13. The van der Waals surface area contributed by atoms with Crippen LogP contribution in [-0.2, 0) is 32.3 Å². The Balaban J connectivity index is 1.02. The number of aromatic carboxylic acids is 1. The molecule has 6 rings (SSSR count). The Morgan fingerprint density at radius 1 is 1.03 bits per heavy atom. The number of primary amides is 1. The van der Waals surface area contributed by atoms with Gasteiger partial charge in [-0.25, -0.2) is 18.8 Å². The van der Waals surface area contributed by atoms with Gasteiger partial charge in [0, 0.05) is 73.7 Å². The van der Waals surface area contributed by atoms with Gasteiger partial charge in [-0.2, -0.15) is 0 Å². The number of carbonyl (C=O) groups excluding carboxylic acids is 5. The zero-order valence-electron chi connectivity index (χ0n) is 34.9. The van der Waals surface area contributed by atoms with E-state index in [0.717, 1.165) is 6.07 Å². The average Bonchev–Trinajstić information content (AvgIpc) is 3.66. The zero-order valence-corrected chi connectivity index (χ0v) is 35.7. The number of amides is 6. The van der Waals surface area contributed by atoms with Crippen molar-refractivity contribution in [3.63, 3.8) is 0 Å². The first-order valence-corrected chi connectivity index (χ1v) is 21.7. The Morgan fingerprint density at radius 2 is 1.73 bits per heavy atom. The molecule has 4 atom stereocenters. The van der Waals surface area contributed by atoms with E-state index >= 15 is 4.39 Å². The van der Waals surface area contributed by atoms with Gasteiger partial charge >= 0.3 is 18.1 Å². The molecule has 0 radical (unpaired) electrons. The highest BCUT2D eigenvalue weighted by atomic mass is 32.2. The second-order valence-corrected chi connectivity index (χ2v) is 17.2. The number of halogens is 1. The van der Waals surface area contributed by atoms with Gasteiger partial charge in [0.2, 0.25) is 23.2 Å². The molecule has 332 valence electrons. The highest BCUT2D eigenvalue weighted by Gasteiger charge is 2.52. The molecule has 62 heavy (non-hydrogen) atoms. The average molecular weight is 877 g/mol. The molecule has 2 aromatic carbocycles. The SMILES string of the molecule is CCn1cc(C(=O)O)c(=O)c2cc(F)c(N3CCN(C(=O)OCc4ccc(NC(=O)[C@H](CCCNC(N)=O)NC(=O)C5(C(=O)N[C@H](C)C6C=CSC6C)CCC5)cc4)CC3)cc21. The third kappa shape index (κ3) is 10.1. The molecule has 2 aliphatic heterocycles. The van der Waals surface area contributed by atoms with Crippen LogP contribution in [0.2, 0.25) is 0 Å². The number of anilines is 2. The van der Waals surface area contributed by atoms with E-state index in [1.54, 1.807) is 52.4 Å². The number of carbonyl (C=O) groups is 6. The molecule has 2 fully saturated rings. The Labute approximate surface area is 361 Å². The fourth-order valence-corrected chi connectivity index (χ4v) is 9.06. The van der Waals surface area contributed by atoms with Crippen LogP contribution in [-0.4, -0.2) is 100 Å². The summed E-state index contributed by atoms with van der Waals surface area (Å²) in [6, 6.07) is 7.28. The first kappa shape index (κ1) is 45.4. The summed E-state index contributed by atoms with van der Waals surface area (Å²) in [5.41, 5.74) is 4.40. The van der Waals surface area contributed by atoms with Crippen molar-refractivity contribution < 1.29 is 43.0 Å². The van der Waals surface area contributed by atoms with Gasteiger partial charge in [0.25, 0.3) is 0 Å². The number of benzene rings is 2. The summed E-state index contributed by atoms with van der Waals surface area (Å²) in [6.45, 7) is 7.30. The number of aryl methyl sites for hydroxylation is 1. The first-order valence-electron chi connectivity index (χ1n) is 20.8. The zero-order chi connectivity index (χ0) is 44.7. The fourth-order valence-electron chi connectivity index (χ4n) is 8.03. The number of hydrogen-bond donors (Lipinski definition) is 6. The summed E-state index contributed by atoms with van der Waals surface area (Å²) < 4.78 is 22.5. The molecule has 2 unspecified atom stereocenters. The standard InChI is InChI=1S/C43H53FN8O9S/c1-4-50-23-31(38(55)56)36(53)30-21-32(44)35(22-34(30)50)51-16-18-52(19-17-51)42(60)61-24-27-8-10-28(11-9-27)48-37(54)33(7-5-15-46-41(45)59)49-40(58)43(13-6-14-43)39(57)47-25(2)29-12-20-62-26(29)3/h8-12,20-23,25-26,29,33H,4-7,13-19,24H2,1-3H3,(H,47,57)(H,48,54)(H,49,58)(H,55,56)(H3,45,46,59)/t25-,26?,29?,33+/m1/s1. The highest BCUT2D eigenvalue weighted by Crippen LogP contribution is 2.42. The van der Waals surface area contributed by atoms with Crippen molar-refractivity contribution in [2.45, 2.75) is 83.4 Å². The van der Waals surface area contributed by atoms with Crippen LogP contribution in [0.5, 0.6) is 0 Å². The number of carboxylic acid groups (broad SMARTS) is 1. The minimum Gasteiger partial charge on any atom is -0.477 e. The topological polar surface area (TPSA) is 234 Å². The van der Waals surface area contributed by atoms with E-state index < -0.39 is 58.2 Å². The molecule has 3 heterocycles. The van der Waals surface area contributed by atoms with Crippen LogP contribution in [0.25, 0.3) is 10.9 Å². The lowest BCUT2D eigenvalue weighted by atomic mass is 9.67. The van der Waals surface area contributed by atoms with Gasteiger partial charge < -0.3 is 51.2 Å². The number of nitrogens with one attached hydrogen (secondary N) is 4. The third-order valence-electron chi connectivity index (χ3n) is 11.9. The van der Waals surface area contributed by atoms with Crippen molar-refractivity contribution in [2.24, 2.45) is 17.1 Å². The molecule has 19 heteroatoms. The number of carboxylic acids is 1. The molecule has 7 N–H and O–H groups in total. The van der Waals surface area contributed by atoms with Crippen molar-refractivity contribution in [3.05, 3.63) is 81.2 Å². The second-order valence-electron chi connectivity index (χ2n) is 15.9. The van der Waals surface area contributed by atoms with E-state index in [2.05, 4.69) is 34.3 Å². The number of nitrogens with two attached hydrogens (primary N) is 1. The van der Waals surface area contributed by atoms with Crippen molar-refractivity contribution in [1.29, 1.82) is 0 Å². The second kappa shape index (κ2) is 19.7. The number of pyridine rings is 1. The van der Waals surface area contributed by atoms with Crippen molar-refractivity contribution in [3.8, 4) is 0 Å². The van der Waals surface area contributed by atoms with Gasteiger partial charge in [0.1, 0.15) is 29.4 Å².